The van der Waals surface area contributed by atoms with Crippen molar-refractivity contribution in [1.29, 1.82) is 0 Å². The fourth-order valence-electron chi connectivity index (χ4n) is 1.90. The first-order chi connectivity index (χ1) is 6.86. The van der Waals surface area contributed by atoms with Crippen molar-refractivity contribution in [3.05, 3.63) is 35.6 Å². The van der Waals surface area contributed by atoms with E-state index in [-0.39, 0.29) is 0 Å². The third-order valence-corrected chi connectivity index (χ3v) is 2.72. The SMILES string of the molecule is CC1=CC(N2CCNCC2)=CC=CC1. The van der Waals surface area contributed by atoms with Gasteiger partial charge in [-0.2, -0.15) is 0 Å². The molecule has 0 atom stereocenters. The molecular weight excluding hydrogens is 172 g/mol. The zero-order valence-corrected chi connectivity index (χ0v) is 8.79. The van der Waals surface area contributed by atoms with E-state index in [1.165, 1.54) is 11.3 Å². The average molecular weight is 190 g/mol. The predicted molar refractivity (Wildman–Crippen MR) is 60.0 cm³/mol. The largest absolute Gasteiger partial charge is 0.369 e. The maximum atomic E-state index is 3.37. The third-order valence-electron chi connectivity index (χ3n) is 2.72. The highest BCUT2D eigenvalue weighted by molar-refractivity contribution is 5.30. The monoisotopic (exact) mass is 190 g/mol. The Hall–Kier alpha value is -1.02. The molecular formula is C12H18N2. The van der Waals surface area contributed by atoms with Gasteiger partial charge in [-0.25, -0.2) is 0 Å². The molecule has 2 rings (SSSR count). The normalized spacial score (nSPS) is 22.8. The molecule has 2 aliphatic rings. The molecule has 0 spiro atoms. The number of allylic oxidation sites excluding steroid dienone is 5. The molecule has 0 aromatic heterocycles. The van der Waals surface area contributed by atoms with Gasteiger partial charge in [-0.3, -0.25) is 0 Å². The molecule has 76 valence electrons. The Kier molecular flexibility index (Phi) is 3.04. The first-order valence-corrected chi connectivity index (χ1v) is 5.36. The van der Waals surface area contributed by atoms with Crippen molar-refractivity contribution in [3.63, 3.8) is 0 Å². The summed E-state index contributed by atoms with van der Waals surface area (Å²) >= 11 is 0. The number of nitrogens with zero attached hydrogens (tertiary/aromatic N) is 1. The van der Waals surface area contributed by atoms with E-state index in [1.54, 1.807) is 0 Å². The van der Waals surface area contributed by atoms with Crippen LogP contribution in [0.2, 0.25) is 0 Å². The first kappa shape index (κ1) is 9.53. The molecule has 1 heterocycles. The van der Waals surface area contributed by atoms with Crippen LogP contribution < -0.4 is 5.32 Å². The van der Waals surface area contributed by atoms with Crippen molar-refractivity contribution < 1.29 is 0 Å². The molecule has 0 radical (unpaired) electrons. The van der Waals surface area contributed by atoms with E-state index in [4.69, 9.17) is 0 Å². The number of hydrogen-bond donors (Lipinski definition) is 1. The van der Waals surface area contributed by atoms with Crippen LogP contribution in [-0.2, 0) is 0 Å². The molecule has 0 aromatic carbocycles. The van der Waals surface area contributed by atoms with Gasteiger partial charge < -0.3 is 10.2 Å². The van der Waals surface area contributed by atoms with Gasteiger partial charge in [0.25, 0.3) is 0 Å². The van der Waals surface area contributed by atoms with Crippen molar-refractivity contribution in [1.82, 2.24) is 10.2 Å². The fraction of sp³-hybridized carbons (Fsp3) is 0.500. The third kappa shape index (κ3) is 2.26. The predicted octanol–water partition coefficient (Wildman–Crippen LogP) is 1.68. The number of rotatable bonds is 1. The van der Waals surface area contributed by atoms with Crippen LogP contribution in [0.4, 0.5) is 0 Å². The van der Waals surface area contributed by atoms with E-state index in [2.05, 4.69) is 41.4 Å². The maximum Gasteiger partial charge on any atom is 0.0366 e. The van der Waals surface area contributed by atoms with E-state index < -0.39 is 0 Å². The van der Waals surface area contributed by atoms with Crippen LogP contribution >= 0.6 is 0 Å². The number of hydrogen-bond acceptors (Lipinski definition) is 2. The van der Waals surface area contributed by atoms with Gasteiger partial charge in [0.2, 0.25) is 0 Å². The highest BCUT2D eigenvalue weighted by Gasteiger charge is 2.11. The van der Waals surface area contributed by atoms with Crippen LogP contribution in [0, 0.1) is 0 Å². The summed E-state index contributed by atoms with van der Waals surface area (Å²) in [7, 11) is 0. The van der Waals surface area contributed by atoms with E-state index >= 15 is 0 Å². The lowest BCUT2D eigenvalue weighted by atomic mass is 10.2. The second kappa shape index (κ2) is 4.47. The summed E-state index contributed by atoms with van der Waals surface area (Å²) in [5.41, 5.74) is 2.82. The molecule has 2 heteroatoms. The minimum absolute atomic E-state index is 1.09. The van der Waals surface area contributed by atoms with Crippen LogP contribution in [0.5, 0.6) is 0 Å². The first-order valence-electron chi connectivity index (χ1n) is 5.36. The summed E-state index contributed by atoms with van der Waals surface area (Å²) < 4.78 is 0. The molecule has 0 aromatic rings. The fourth-order valence-corrected chi connectivity index (χ4v) is 1.90. The van der Waals surface area contributed by atoms with Gasteiger partial charge in [0.05, 0.1) is 0 Å². The summed E-state index contributed by atoms with van der Waals surface area (Å²) in [4.78, 5) is 2.45. The molecule has 0 amide bonds. The van der Waals surface area contributed by atoms with Crippen LogP contribution in [0.1, 0.15) is 13.3 Å². The lowest BCUT2D eigenvalue weighted by Crippen LogP contribution is -2.42. The van der Waals surface area contributed by atoms with Gasteiger partial charge in [-0.1, -0.05) is 17.7 Å². The topological polar surface area (TPSA) is 15.3 Å². The quantitative estimate of drug-likeness (QED) is 0.677. The second-order valence-electron chi connectivity index (χ2n) is 3.95. The van der Waals surface area contributed by atoms with Gasteiger partial charge in [0.15, 0.2) is 0 Å². The Labute approximate surface area is 86.0 Å². The molecule has 0 bridgehead atoms. The van der Waals surface area contributed by atoms with Crippen molar-refractivity contribution in [2.45, 2.75) is 13.3 Å². The van der Waals surface area contributed by atoms with Gasteiger partial charge >= 0.3 is 0 Å². The molecule has 0 saturated carbocycles. The lowest BCUT2D eigenvalue weighted by molar-refractivity contribution is 0.307. The van der Waals surface area contributed by atoms with Gasteiger partial charge in [-0.15, -0.1) is 0 Å². The van der Waals surface area contributed by atoms with E-state index in [0.717, 1.165) is 32.6 Å². The average Bonchev–Trinajstić information content (AvgIpc) is 2.44. The van der Waals surface area contributed by atoms with Crippen molar-refractivity contribution in [3.8, 4) is 0 Å². The molecule has 14 heavy (non-hydrogen) atoms. The molecule has 1 N–H and O–H groups in total. The molecule has 1 aliphatic carbocycles. The maximum absolute atomic E-state index is 3.37. The minimum atomic E-state index is 1.09. The highest BCUT2D eigenvalue weighted by Crippen LogP contribution is 2.15. The molecule has 1 saturated heterocycles. The summed E-state index contributed by atoms with van der Waals surface area (Å²) in [6.45, 7) is 6.67. The Bertz CT molecular complexity index is 281. The van der Waals surface area contributed by atoms with E-state index in [1.807, 2.05) is 0 Å². The van der Waals surface area contributed by atoms with Crippen LogP contribution in [0.25, 0.3) is 0 Å². The zero-order chi connectivity index (χ0) is 9.80. The van der Waals surface area contributed by atoms with E-state index in [0.29, 0.717) is 0 Å². The van der Waals surface area contributed by atoms with Crippen molar-refractivity contribution >= 4 is 0 Å². The number of nitrogens with one attached hydrogen (secondary N) is 1. The molecule has 0 unspecified atom stereocenters. The van der Waals surface area contributed by atoms with Crippen molar-refractivity contribution in [2.75, 3.05) is 26.2 Å². The Morgan fingerprint density at radius 3 is 2.86 bits per heavy atom. The Morgan fingerprint density at radius 2 is 2.07 bits per heavy atom. The van der Waals surface area contributed by atoms with Crippen LogP contribution in [-0.4, -0.2) is 31.1 Å². The highest BCUT2D eigenvalue weighted by atomic mass is 15.2. The standard InChI is InChI=1S/C12H18N2/c1-11-4-2-3-5-12(10-11)14-8-6-13-7-9-14/h2-3,5,10,13H,4,6-9H2,1H3. The lowest BCUT2D eigenvalue weighted by Gasteiger charge is -2.30. The van der Waals surface area contributed by atoms with Gasteiger partial charge in [0, 0.05) is 31.9 Å². The smallest absolute Gasteiger partial charge is 0.0366 e. The van der Waals surface area contributed by atoms with Gasteiger partial charge in [-0.05, 0) is 25.5 Å². The second-order valence-corrected chi connectivity index (χ2v) is 3.95. The molecule has 1 fully saturated rings. The van der Waals surface area contributed by atoms with E-state index in [9.17, 15) is 0 Å². The van der Waals surface area contributed by atoms with Crippen LogP contribution in [0.3, 0.4) is 0 Å². The Balaban J connectivity index is 2.11. The summed E-state index contributed by atoms with van der Waals surface area (Å²) in [6.07, 6.45) is 10.0. The Morgan fingerprint density at radius 1 is 1.29 bits per heavy atom. The molecule has 1 aliphatic heterocycles. The van der Waals surface area contributed by atoms with Crippen molar-refractivity contribution in [2.24, 2.45) is 0 Å². The zero-order valence-electron chi connectivity index (χ0n) is 8.79. The van der Waals surface area contributed by atoms with Gasteiger partial charge in [0.1, 0.15) is 0 Å². The van der Waals surface area contributed by atoms with Crippen LogP contribution in [0.15, 0.2) is 35.6 Å². The summed E-state index contributed by atoms with van der Waals surface area (Å²) in [6, 6.07) is 0. The molecule has 2 nitrogen and oxygen atoms in total. The summed E-state index contributed by atoms with van der Waals surface area (Å²) in [5, 5.41) is 3.37. The minimum Gasteiger partial charge on any atom is -0.369 e. The summed E-state index contributed by atoms with van der Waals surface area (Å²) in [5.74, 6) is 0. The number of piperazine rings is 1.